The number of ether oxygens (including phenoxy) is 1. The molecule has 0 spiro atoms. The molecule has 36 heavy (non-hydrogen) atoms. The second-order valence-electron chi connectivity index (χ2n) is 9.14. The Morgan fingerprint density at radius 3 is 2.58 bits per heavy atom. The molecule has 1 atom stereocenters. The highest BCUT2D eigenvalue weighted by molar-refractivity contribution is 6.30. The van der Waals surface area contributed by atoms with Crippen LogP contribution in [0.25, 0.3) is 0 Å². The molecule has 2 heterocycles. The van der Waals surface area contributed by atoms with E-state index in [-0.39, 0.29) is 31.3 Å². The molecule has 1 fully saturated rings. The molecule has 196 valence electrons. The van der Waals surface area contributed by atoms with Gasteiger partial charge in [-0.2, -0.15) is 0 Å². The molecular formula is C26H36ClN5O4. The van der Waals surface area contributed by atoms with Crippen LogP contribution < -0.4 is 10.6 Å². The van der Waals surface area contributed by atoms with Gasteiger partial charge in [0.05, 0.1) is 18.2 Å². The number of rotatable bonds is 8. The van der Waals surface area contributed by atoms with E-state index in [0.29, 0.717) is 42.5 Å². The molecule has 2 N–H and O–H groups in total. The topological polar surface area (TPSA) is 94.2 Å². The highest BCUT2D eigenvalue weighted by Gasteiger charge is 2.38. The summed E-state index contributed by atoms with van der Waals surface area (Å²) in [7, 11) is 0. The average Bonchev–Trinajstić information content (AvgIpc) is 3.07. The van der Waals surface area contributed by atoms with Gasteiger partial charge in [0.25, 0.3) is 0 Å². The Labute approximate surface area is 218 Å². The lowest BCUT2D eigenvalue weighted by molar-refractivity contribution is -0.139. The summed E-state index contributed by atoms with van der Waals surface area (Å²) in [6.45, 7) is 12.8. The number of esters is 1. The Morgan fingerprint density at radius 1 is 1.22 bits per heavy atom. The Balaban J connectivity index is 1.95. The summed E-state index contributed by atoms with van der Waals surface area (Å²) >= 11 is 6.08. The summed E-state index contributed by atoms with van der Waals surface area (Å²) in [4.78, 5) is 44.5. The van der Waals surface area contributed by atoms with Crippen LogP contribution in [0.15, 0.2) is 48.2 Å². The molecule has 0 radical (unpaired) electrons. The number of nitrogens with one attached hydrogen (secondary N) is 2. The van der Waals surface area contributed by atoms with E-state index in [2.05, 4.69) is 22.1 Å². The largest absolute Gasteiger partial charge is 0.463 e. The second kappa shape index (κ2) is 12.8. The third-order valence-corrected chi connectivity index (χ3v) is 6.36. The summed E-state index contributed by atoms with van der Waals surface area (Å²) in [6, 6.07) is 6.05. The third kappa shape index (κ3) is 6.79. The lowest BCUT2D eigenvalue weighted by Crippen LogP contribution is -2.51. The quantitative estimate of drug-likeness (QED) is 0.406. The molecule has 0 bridgehead atoms. The maximum absolute atomic E-state index is 13.3. The summed E-state index contributed by atoms with van der Waals surface area (Å²) in [6.07, 6.45) is 2.41. The van der Waals surface area contributed by atoms with Crippen molar-refractivity contribution >= 4 is 29.6 Å². The van der Waals surface area contributed by atoms with Gasteiger partial charge >= 0.3 is 18.0 Å². The van der Waals surface area contributed by atoms with Crippen molar-refractivity contribution in [3.05, 3.63) is 58.8 Å². The number of carbonyl (C=O) groups is 3. The van der Waals surface area contributed by atoms with Crippen LogP contribution in [-0.4, -0.2) is 84.6 Å². The minimum absolute atomic E-state index is 0.0622. The summed E-state index contributed by atoms with van der Waals surface area (Å²) < 4.78 is 5.44. The highest BCUT2D eigenvalue weighted by atomic mass is 35.5. The van der Waals surface area contributed by atoms with Crippen LogP contribution in [0, 0.1) is 0 Å². The molecule has 1 aromatic rings. The highest BCUT2D eigenvalue weighted by Crippen LogP contribution is 2.32. The Hall–Kier alpha value is -3.04. The van der Waals surface area contributed by atoms with Crippen LogP contribution in [-0.2, 0) is 9.53 Å². The first-order chi connectivity index (χ1) is 17.2. The number of carbonyl (C=O) groups excluding carboxylic acids is 3. The van der Waals surface area contributed by atoms with Crippen LogP contribution in [0.2, 0.25) is 5.02 Å². The average molecular weight is 518 g/mol. The smallest absolute Gasteiger partial charge is 0.338 e. The van der Waals surface area contributed by atoms with Crippen molar-refractivity contribution in [3.8, 4) is 0 Å². The van der Waals surface area contributed by atoms with Gasteiger partial charge in [-0.15, -0.1) is 6.58 Å². The van der Waals surface area contributed by atoms with Gasteiger partial charge in [0.1, 0.15) is 0 Å². The molecule has 0 saturated carbocycles. The zero-order chi connectivity index (χ0) is 26.2. The molecule has 0 aromatic heterocycles. The first-order valence-electron chi connectivity index (χ1n) is 12.4. The van der Waals surface area contributed by atoms with Crippen molar-refractivity contribution in [2.45, 2.75) is 39.3 Å². The van der Waals surface area contributed by atoms with Crippen molar-refractivity contribution in [1.82, 2.24) is 25.3 Å². The molecule has 4 amide bonds. The lowest BCUT2D eigenvalue weighted by atomic mass is 9.94. The first-order valence-corrected chi connectivity index (χ1v) is 12.7. The van der Waals surface area contributed by atoms with Crippen molar-refractivity contribution in [2.75, 3.05) is 45.9 Å². The van der Waals surface area contributed by atoms with E-state index in [4.69, 9.17) is 16.3 Å². The van der Waals surface area contributed by atoms with Gasteiger partial charge in [0.2, 0.25) is 0 Å². The summed E-state index contributed by atoms with van der Waals surface area (Å²) in [5, 5.41) is 6.46. The third-order valence-electron chi connectivity index (χ3n) is 6.11. The normalized spacial score (nSPS) is 19.1. The molecule has 0 unspecified atom stereocenters. The van der Waals surface area contributed by atoms with E-state index in [1.165, 1.54) is 0 Å². The minimum atomic E-state index is -0.676. The number of amides is 4. The zero-order valence-corrected chi connectivity index (χ0v) is 22.0. The Bertz CT molecular complexity index is 995. The molecule has 2 aliphatic rings. The van der Waals surface area contributed by atoms with E-state index < -0.39 is 12.0 Å². The molecular weight excluding hydrogens is 482 g/mol. The fourth-order valence-corrected chi connectivity index (χ4v) is 4.56. The monoisotopic (exact) mass is 517 g/mol. The van der Waals surface area contributed by atoms with E-state index in [1.54, 1.807) is 42.2 Å². The van der Waals surface area contributed by atoms with Gasteiger partial charge in [-0.05, 0) is 44.9 Å². The number of hydrogen-bond donors (Lipinski definition) is 2. The van der Waals surface area contributed by atoms with Crippen molar-refractivity contribution in [3.63, 3.8) is 0 Å². The lowest BCUT2D eigenvalue weighted by Gasteiger charge is -2.38. The van der Waals surface area contributed by atoms with E-state index in [0.717, 1.165) is 18.5 Å². The predicted molar refractivity (Wildman–Crippen MR) is 140 cm³/mol. The van der Waals surface area contributed by atoms with Gasteiger partial charge in [-0.3, -0.25) is 9.80 Å². The number of urea groups is 2. The summed E-state index contributed by atoms with van der Waals surface area (Å²) in [5.41, 5.74) is 1.70. The minimum Gasteiger partial charge on any atom is -0.463 e. The molecule has 1 saturated heterocycles. The fraction of sp³-hybridized carbons (Fsp3) is 0.500. The number of benzene rings is 1. The molecule has 10 heteroatoms. The van der Waals surface area contributed by atoms with Gasteiger partial charge in [-0.25, -0.2) is 14.4 Å². The standard InChI is InChI=1S/C26H36ClN5O4/c1-5-12-32-21(17-30-13-7-14-31(16-15-30)25(34)28-18(3)4)22(24(33)36-6-2)23(29-26(32)35)19-8-10-20(27)11-9-19/h5,8-11,18,23H,1,6-7,12-17H2,2-4H3,(H,28,34)(H,29,35)/t23-/m0/s1. The van der Waals surface area contributed by atoms with Gasteiger partial charge in [0, 0.05) is 56.0 Å². The van der Waals surface area contributed by atoms with E-state index >= 15 is 0 Å². The predicted octanol–water partition coefficient (Wildman–Crippen LogP) is 3.54. The second-order valence-corrected chi connectivity index (χ2v) is 9.57. The van der Waals surface area contributed by atoms with Crippen molar-refractivity contribution in [2.24, 2.45) is 0 Å². The first kappa shape index (κ1) is 27.5. The maximum atomic E-state index is 13.3. The Morgan fingerprint density at radius 2 is 1.94 bits per heavy atom. The zero-order valence-electron chi connectivity index (χ0n) is 21.3. The van der Waals surface area contributed by atoms with E-state index in [9.17, 15) is 14.4 Å². The van der Waals surface area contributed by atoms with E-state index in [1.807, 2.05) is 18.7 Å². The molecule has 9 nitrogen and oxygen atoms in total. The van der Waals surface area contributed by atoms with Crippen molar-refractivity contribution < 1.29 is 19.1 Å². The van der Waals surface area contributed by atoms with Crippen LogP contribution in [0.5, 0.6) is 0 Å². The van der Waals surface area contributed by atoms with Gasteiger partial charge < -0.3 is 20.3 Å². The van der Waals surface area contributed by atoms with Crippen LogP contribution in [0.4, 0.5) is 9.59 Å². The van der Waals surface area contributed by atoms with Crippen LogP contribution >= 0.6 is 11.6 Å². The fourth-order valence-electron chi connectivity index (χ4n) is 4.43. The maximum Gasteiger partial charge on any atom is 0.338 e. The number of hydrogen-bond acceptors (Lipinski definition) is 5. The molecule has 3 rings (SSSR count). The van der Waals surface area contributed by atoms with Crippen molar-refractivity contribution in [1.29, 1.82) is 0 Å². The molecule has 1 aromatic carbocycles. The Kier molecular flexibility index (Phi) is 9.78. The van der Waals surface area contributed by atoms with Gasteiger partial charge in [-0.1, -0.05) is 29.8 Å². The number of halogens is 1. The van der Waals surface area contributed by atoms with Crippen LogP contribution in [0.3, 0.4) is 0 Å². The van der Waals surface area contributed by atoms with Gasteiger partial charge in [0.15, 0.2) is 0 Å². The van der Waals surface area contributed by atoms with Crippen LogP contribution in [0.1, 0.15) is 38.8 Å². The number of nitrogens with zero attached hydrogens (tertiary/aromatic N) is 3. The molecule has 0 aliphatic carbocycles. The molecule has 2 aliphatic heterocycles. The SMILES string of the molecule is C=CCN1C(=O)N[C@@H](c2ccc(Cl)cc2)C(C(=O)OCC)=C1CN1CCCN(C(=O)NC(C)C)CC1. The summed E-state index contributed by atoms with van der Waals surface area (Å²) in [5.74, 6) is -0.478.